The van der Waals surface area contributed by atoms with E-state index in [0.29, 0.717) is 19.1 Å². The number of carbonyl (C=O) groups excluding carboxylic acids is 1. The molecule has 0 aliphatic carbocycles. The van der Waals surface area contributed by atoms with E-state index >= 15 is 0 Å². The quantitative estimate of drug-likeness (QED) is 0.913. The zero-order valence-corrected chi connectivity index (χ0v) is 11.8. The molecule has 0 spiro atoms. The molecule has 1 saturated heterocycles. The molecule has 4 heteroatoms. The molecule has 1 amide bonds. The summed E-state index contributed by atoms with van der Waals surface area (Å²) in [6, 6.07) is 7.87. The van der Waals surface area contributed by atoms with Gasteiger partial charge in [-0.1, -0.05) is 18.2 Å². The highest BCUT2D eigenvalue weighted by Crippen LogP contribution is 2.35. The number of benzene rings is 1. The molecule has 2 aliphatic heterocycles. The van der Waals surface area contributed by atoms with Gasteiger partial charge in [-0.15, -0.1) is 0 Å². The topological polar surface area (TPSA) is 55.6 Å². The summed E-state index contributed by atoms with van der Waals surface area (Å²) in [6.07, 6.45) is 3.30. The first-order valence-corrected chi connectivity index (χ1v) is 7.50. The summed E-state index contributed by atoms with van der Waals surface area (Å²) in [4.78, 5) is 14.7. The van der Waals surface area contributed by atoms with E-state index < -0.39 is 0 Å². The van der Waals surface area contributed by atoms with Gasteiger partial charge in [-0.05, 0) is 37.8 Å². The maximum atomic E-state index is 12.7. The standard InChI is InChI=1S/C16H22N2O2/c17-8-7-12-4-3-9-18(10-12)16(19)14-11-20-15-6-2-1-5-13(14)15/h1-2,5-6,12,14H,3-4,7-11,17H2. The minimum atomic E-state index is -0.122. The van der Waals surface area contributed by atoms with Crippen LogP contribution in [0.1, 0.15) is 30.7 Å². The van der Waals surface area contributed by atoms with Crippen molar-refractivity contribution in [3.05, 3.63) is 29.8 Å². The summed E-state index contributed by atoms with van der Waals surface area (Å²) in [5.74, 6) is 1.52. The molecule has 1 aromatic rings. The van der Waals surface area contributed by atoms with Gasteiger partial charge in [-0.2, -0.15) is 0 Å². The van der Waals surface area contributed by atoms with Crippen LogP contribution in [0.4, 0.5) is 0 Å². The summed E-state index contributed by atoms with van der Waals surface area (Å²) in [6.45, 7) is 2.92. The van der Waals surface area contributed by atoms with E-state index in [4.69, 9.17) is 10.5 Å². The summed E-state index contributed by atoms with van der Waals surface area (Å²) < 4.78 is 5.63. The molecule has 0 aromatic heterocycles. The maximum Gasteiger partial charge on any atom is 0.233 e. The average molecular weight is 274 g/mol. The number of rotatable bonds is 3. The molecule has 2 unspecified atom stereocenters. The maximum absolute atomic E-state index is 12.7. The third-order valence-electron chi connectivity index (χ3n) is 4.40. The van der Waals surface area contributed by atoms with E-state index in [1.54, 1.807) is 0 Å². The van der Waals surface area contributed by atoms with Crippen molar-refractivity contribution in [2.45, 2.75) is 25.2 Å². The average Bonchev–Trinajstić information content (AvgIpc) is 2.91. The van der Waals surface area contributed by atoms with Crippen molar-refractivity contribution in [3.8, 4) is 5.75 Å². The molecule has 2 atom stereocenters. The molecule has 3 rings (SSSR count). The van der Waals surface area contributed by atoms with Gasteiger partial charge < -0.3 is 15.4 Å². The van der Waals surface area contributed by atoms with E-state index in [0.717, 1.165) is 37.2 Å². The fourth-order valence-electron chi connectivity index (χ4n) is 3.32. The highest BCUT2D eigenvalue weighted by atomic mass is 16.5. The van der Waals surface area contributed by atoms with E-state index in [2.05, 4.69) is 0 Å². The number of nitrogens with two attached hydrogens (primary N) is 1. The van der Waals surface area contributed by atoms with Crippen molar-refractivity contribution in [1.82, 2.24) is 4.90 Å². The number of hydrogen-bond acceptors (Lipinski definition) is 3. The minimum absolute atomic E-state index is 0.122. The van der Waals surface area contributed by atoms with Crippen LogP contribution in [0.15, 0.2) is 24.3 Å². The van der Waals surface area contributed by atoms with Crippen LogP contribution < -0.4 is 10.5 Å². The van der Waals surface area contributed by atoms with Crippen molar-refractivity contribution in [1.29, 1.82) is 0 Å². The van der Waals surface area contributed by atoms with E-state index in [1.165, 1.54) is 6.42 Å². The molecular formula is C16H22N2O2. The Kier molecular flexibility index (Phi) is 3.92. The second-order valence-corrected chi connectivity index (χ2v) is 5.77. The van der Waals surface area contributed by atoms with Crippen LogP contribution in [0.3, 0.4) is 0 Å². The predicted octanol–water partition coefficient (Wildman–Crippen LogP) is 1.75. The number of fused-ring (bicyclic) bond motifs is 1. The van der Waals surface area contributed by atoms with Gasteiger partial charge >= 0.3 is 0 Å². The fraction of sp³-hybridized carbons (Fsp3) is 0.562. The lowest BCUT2D eigenvalue weighted by Gasteiger charge is -2.34. The molecule has 0 saturated carbocycles. The molecule has 2 heterocycles. The largest absolute Gasteiger partial charge is 0.492 e. The number of nitrogens with zero attached hydrogens (tertiary/aromatic N) is 1. The Morgan fingerprint density at radius 2 is 2.25 bits per heavy atom. The zero-order valence-electron chi connectivity index (χ0n) is 11.8. The number of piperidine rings is 1. The molecular weight excluding hydrogens is 252 g/mol. The first-order valence-electron chi connectivity index (χ1n) is 7.50. The Morgan fingerprint density at radius 3 is 3.10 bits per heavy atom. The molecule has 108 valence electrons. The van der Waals surface area contributed by atoms with Gasteiger partial charge in [0.1, 0.15) is 18.3 Å². The van der Waals surface area contributed by atoms with E-state index in [-0.39, 0.29) is 11.8 Å². The van der Waals surface area contributed by atoms with Crippen LogP contribution in [0, 0.1) is 5.92 Å². The Hall–Kier alpha value is -1.55. The third-order valence-corrected chi connectivity index (χ3v) is 4.40. The third kappa shape index (κ3) is 2.52. The molecule has 2 N–H and O–H groups in total. The lowest BCUT2D eigenvalue weighted by Crippen LogP contribution is -2.43. The second kappa shape index (κ2) is 5.83. The molecule has 4 nitrogen and oxygen atoms in total. The van der Waals surface area contributed by atoms with Crippen molar-refractivity contribution in [2.75, 3.05) is 26.2 Å². The van der Waals surface area contributed by atoms with Gasteiger partial charge in [0.05, 0.1) is 0 Å². The van der Waals surface area contributed by atoms with E-state index in [9.17, 15) is 4.79 Å². The number of likely N-dealkylation sites (tertiary alicyclic amines) is 1. The Bertz CT molecular complexity index is 487. The first kappa shape index (κ1) is 13.4. The number of hydrogen-bond donors (Lipinski definition) is 1. The molecule has 2 aliphatic rings. The summed E-state index contributed by atoms with van der Waals surface area (Å²) in [5.41, 5.74) is 6.68. The highest BCUT2D eigenvalue weighted by Gasteiger charge is 2.34. The second-order valence-electron chi connectivity index (χ2n) is 5.77. The molecule has 1 aromatic carbocycles. The minimum Gasteiger partial charge on any atom is -0.492 e. The lowest BCUT2D eigenvalue weighted by atomic mass is 9.92. The molecule has 0 bridgehead atoms. The smallest absolute Gasteiger partial charge is 0.233 e. The van der Waals surface area contributed by atoms with Crippen LogP contribution >= 0.6 is 0 Å². The monoisotopic (exact) mass is 274 g/mol. The lowest BCUT2D eigenvalue weighted by molar-refractivity contribution is -0.134. The highest BCUT2D eigenvalue weighted by molar-refractivity contribution is 5.85. The molecule has 0 radical (unpaired) electrons. The Morgan fingerprint density at radius 1 is 1.40 bits per heavy atom. The van der Waals surface area contributed by atoms with E-state index in [1.807, 2.05) is 29.2 Å². The van der Waals surface area contributed by atoms with Crippen molar-refractivity contribution in [2.24, 2.45) is 11.7 Å². The van der Waals surface area contributed by atoms with Gasteiger partial charge in [-0.25, -0.2) is 0 Å². The summed E-state index contributed by atoms with van der Waals surface area (Å²) >= 11 is 0. The van der Waals surface area contributed by atoms with Gasteiger partial charge in [-0.3, -0.25) is 4.79 Å². The predicted molar refractivity (Wildman–Crippen MR) is 77.7 cm³/mol. The number of para-hydroxylation sites is 1. The van der Waals surface area contributed by atoms with Gasteiger partial charge in [0.2, 0.25) is 5.91 Å². The summed E-state index contributed by atoms with van der Waals surface area (Å²) in [7, 11) is 0. The van der Waals surface area contributed by atoms with Gasteiger partial charge in [0, 0.05) is 18.7 Å². The SMILES string of the molecule is NCCC1CCCN(C(=O)C2COc3ccccc32)C1. The molecule has 1 fully saturated rings. The van der Waals surface area contributed by atoms with Crippen LogP contribution in [0.2, 0.25) is 0 Å². The Balaban J connectivity index is 1.70. The van der Waals surface area contributed by atoms with Gasteiger partial charge in [0.15, 0.2) is 0 Å². The fourth-order valence-corrected chi connectivity index (χ4v) is 3.32. The van der Waals surface area contributed by atoms with Crippen LogP contribution in [-0.4, -0.2) is 37.0 Å². The van der Waals surface area contributed by atoms with Crippen molar-refractivity contribution in [3.63, 3.8) is 0 Å². The van der Waals surface area contributed by atoms with Crippen LogP contribution in [-0.2, 0) is 4.79 Å². The Labute approximate surface area is 119 Å². The van der Waals surface area contributed by atoms with Crippen molar-refractivity contribution < 1.29 is 9.53 Å². The number of carbonyl (C=O) groups is 1. The number of amides is 1. The van der Waals surface area contributed by atoms with Crippen molar-refractivity contribution >= 4 is 5.91 Å². The zero-order chi connectivity index (χ0) is 13.9. The van der Waals surface area contributed by atoms with Crippen LogP contribution in [0.5, 0.6) is 5.75 Å². The normalized spacial score (nSPS) is 25.1. The number of ether oxygens (including phenoxy) is 1. The molecule has 20 heavy (non-hydrogen) atoms. The first-order chi connectivity index (χ1) is 9.79. The van der Waals surface area contributed by atoms with Crippen LogP contribution in [0.25, 0.3) is 0 Å². The van der Waals surface area contributed by atoms with Gasteiger partial charge in [0.25, 0.3) is 0 Å². The summed E-state index contributed by atoms with van der Waals surface area (Å²) in [5, 5.41) is 0.